The van der Waals surface area contributed by atoms with E-state index < -0.39 is 5.79 Å². The van der Waals surface area contributed by atoms with Crippen LogP contribution in [0.4, 0.5) is 0 Å². The monoisotopic (exact) mass is 390 g/mol. The van der Waals surface area contributed by atoms with Gasteiger partial charge in [0.1, 0.15) is 0 Å². The molecular weight excluding hydrogens is 368 g/mol. The van der Waals surface area contributed by atoms with Crippen LogP contribution in [0, 0.1) is 0 Å². The van der Waals surface area contributed by atoms with Crippen molar-refractivity contribution in [2.45, 2.75) is 18.6 Å². The molecule has 1 amide bonds. The van der Waals surface area contributed by atoms with Crippen LogP contribution in [0.25, 0.3) is 16.9 Å². The van der Waals surface area contributed by atoms with Gasteiger partial charge in [-0.1, -0.05) is 18.2 Å². The zero-order chi connectivity index (χ0) is 19.7. The Bertz CT molecular complexity index is 930. The maximum absolute atomic E-state index is 13.2. The third-order valence-corrected chi connectivity index (χ3v) is 5.53. The van der Waals surface area contributed by atoms with Gasteiger partial charge in [-0.05, 0) is 30.3 Å². The highest BCUT2D eigenvalue weighted by molar-refractivity contribution is 5.93. The minimum Gasteiger partial charge on any atom is -0.347 e. The summed E-state index contributed by atoms with van der Waals surface area (Å²) in [7, 11) is 0. The Morgan fingerprint density at radius 1 is 0.966 bits per heavy atom. The average Bonchev–Trinajstić information content (AvgIpc) is 3.43. The van der Waals surface area contributed by atoms with Gasteiger partial charge in [0.2, 0.25) is 0 Å². The summed E-state index contributed by atoms with van der Waals surface area (Å²) in [5, 5.41) is 4.66. The summed E-state index contributed by atoms with van der Waals surface area (Å²) in [6.45, 7) is 2.46. The summed E-state index contributed by atoms with van der Waals surface area (Å²) in [6, 6.07) is 15.5. The van der Waals surface area contributed by atoms with Crippen molar-refractivity contribution >= 4 is 5.91 Å². The Labute approximate surface area is 168 Å². The number of rotatable bonds is 3. The molecular formula is C22H22N4O3. The van der Waals surface area contributed by atoms with E-state index in [1.165, 1.54) is 0 Å². The maximum Gasteiger partial charge on any atom is 0.274 e. The number of para-hydroxylation sites is 1. The third-order valence-electron chi connectivity index (χ3n) is 5.53. The molecule has 5 rings (SSSR count). The van der Waals surface area contributed by atoms with E-state index in [0.717, 1.165) is 16.9 Å². The minimum atomic E-state index is -0.498. The largest absolute Gasteiger partial charge is 0.347 e. The fourth-order valence-corrected chi connectivity index (χ4v) is 3.98. The minimum absolute atomic E-state index is 0.0668. The van der Waals surface area contributed by atoms with Gasteiger partial charge in [0, 0.05) is 43.9 Å². The Hall–Kier alpha value is -3.03. The van der Waals surface area contributed by atoms with Crippen molar-refractivity contribution in [3.05, 3.63) is 66.6 Å². The second kappa shape index (κ2) is 7.42. The van der Waals surface area contributed by atoms with Crippen molar-refractivity contribution in [2.75, 3.05) is 26.3 Å². The molecule has 0 saturated carbocycles. The SMILES string of the molecule is O=C(c1cc(-c2ccncc2)n(-c2ccccc2)n1)N1CCC2(CC1)OCCO2. The van der Waals surface area contributed by atoms with E-state index in [-0.39, 0.29) is 5.91 Å². The number of hydrogen-bond acceptors (Lipinski definition) is 5. The average molecular weight is 390 g/mol. The van der Waals surface area contributed by atoms with Crippen LogP contribution >= 0.6 is 0 Å². The first kappa shape index (κ1) is 18.0. The van der Waals surface area contributed by atoms with Gasteiger partial charge in [-0.15, -0.1) is 0 Å². The van der Waals surface area contributed by atoms with Gasteiger partial charge >= 0.3 is 0 Å². The molecule has 2 fully saturated rings. The van der Waals surface area contributed by atoms with E-state index >= 15 is 0 Å². The summed E-state index contributed by atoms with van der Waals surface area (Å²) >= 11 is 0. The smallest absolute Gasteiger partial charge is 0.274 e. The number of pyridine rings is 1. The lowest BCUT2D eigenvalue weighted by molar-refractivity contribution is -0.181. The lowest BCUT2D eigenvalue weighted by atomic mass is 10.0. The molecule has 0 N–H and O–H groups in total. The molecule has 7 nitrogen and oxygen atoms in total. The molecule has 0 aliphatic carbocycles. The fraction of sp³-hybridized carbons (Fsp3) is 0.318. The van der Waals surface area contributed by atoms with Crippen LogP contribution in [0.15, 0.2) is 60.9 Å². The number of aromatic nitrogens is 3. The number of amides is 1. The van der Waals surface area contributed by atoms with Crippen LogP contribution < -0.4 is 0 Å². The van der Waals surface area contributed by atoms with E-state index in [1.807, 2.05) is 58.1 Å². The van der Waals surface area contributed by atoms with Crippen LogP contribution in [0.2, 0.25) is 0 Å². The quantitative estimate of drug-likeness (QED) is 0.688. The summed E-state index contributed by atoms with van der Waals surface area (Å²) in [4.78, 5) is 19.1. The van der Waals surface area contributed by atoms with Crippen LogP contribution in [0.5, 0.6) is 0 Å². The van der Waals surface area contributed by atoms with Crippen molar-refractivity contribution in [1.82, 2.24) is 19.7 Å². The van der Waals surface area contributed by atoms with Gasteiger partial charge in [0.25, 0.3) is 5.91 Å². The second-order valence-corrected chi connectivity index (χ2v) is 7.30. The zero-order valence-electron chi connectivity index (χ0n) is 16.0. The molecule has 4 heterocycles. The molecule has 0 atom stereocenters. The molecule has 7 heteroatoms. The number of nitrogens with zero attached hydrogens (tertiary/aromatic N) is 4. The predicted octanol–water partition coefficient (Wildman–Crippen LogP) is 2.91. The Morgan fingerprint density at radius 3 is 2.34 bits per heavy atom. The molecule has 148 valence electrons. The topological polar surface area (TPSA) is 69.5 Å². The van der Waals surface area contributed by atoms with Crippen molar-refractivity contribution < 1.29 is 14.3 Å². The number of piperidine rings is 1. The molecule has 0 bridgehead atoms. The number of carbonyl (C=O) groups is 1. The molecule has 2 aliphatic rings. The van der Waals surface area contributed by atoms with Gasteiger partial charge in [-0.25, -0.2) is 4.68 Å². The lowest BCUT2D eigenvalue weighted by Gasteiger charge is -2.37. The Balaban J connectivity index is 1.45. The summed E-state index contributed by atoms with van der Waals surface area (Å²) in [6.07, 6.45) is 4.86. The van der Waals surface area contributed by atoms with Gasteiger partial charge in [-0.3, -0.25) is 9.78 Å². The number of hydrogen-bond donors (Lipinski definition) is 0. The second-order valence-electron chi connectivity index (χ2n) is 7.30. The first-order valence-corrected chi connectivity index (χ1v) is 9.87. The van der Waals surface area contributed by atoms with Crippen LogP contribution in [-0.2, 0) is 9.47 Å². The molecule has 3 aromatic rings. The highest BCUT2D eigenvalue weighted by Crippen LogP contribution is 2.32. The molecule has 1 aromatic carbocycles. The van der Waals surface area contributed by atoms with Crippen molar-refractivity contribution in [2.24, 2.45) is 0 Å². The molecule has 29 heavy (non-hydrogen) atoms. The van der Waals surface area contributed by atoms with Crippen molar-refractivity contribution in [3.8, 4) is 16.9 Å². The number of carbonyl (C=O) groups excluding carboxylic acids is 1. The Kier molecular flexibility index (Phi) is 4.61. The van der Waals surface area contributed by atoms with Gasteiger partial charge in [-0.2, -0.15) is 5.10 Å². The number of likely N-dealkylation sites (tertiary alicyclic amines) is 1. The predicted molar refractivity (Wildman–Crippen MR) is 107 cm³/mol. The number of benzene rings is 1. The molecule has 2 aliphatic heterocycles. The highest BCUT2D eigenvalue weighted by atomic mass is 16.7. The van der Waals surface area contributed by atoms with E-state index in [0.29, 0.717) is 44.8 Å². The van der Waals surface area contributed by atoms with E-state index in [9.17, 15) is 4.79 Å². The van der Waals surface area contributed by atoms with E-state index in [4.69, 9.17) is 9.47 Å². The first-order chi connectivity index (χ1) is 14.2. The molecule has 0 unspecified atom stereocenters. The third kappa shape index (κ3) is 3.43. The summed E-state index contributed by atoms with van der Waals surface area (Å²) < 4.78 is 13.4. The van der Waals surface area contributed by atoms with Gasteiger partial charge in [0.15, 0.2) is 11.5 Å². The van der Waals surface area contributed by atoms with Crippen LogP contribution in [0.3, 0.4) is 0 Å². The van der Waals surface area contributed by atoms with E-state index in [2.05, 4.69) is 10.1 Å². The first-order valence-electron chi connectivity index (χ1n) is 9.87. The van der Waals surface area contributed by atoms with Crippen LogP contribution in [0.1, 0.15) is 23.3 Å². The van der Waals surface area contributed by atoms with Gasteiger partial charge < -0.3 is 14.4 Å². The van der Waals surface area contributed by atoms with Gasteiger partial charge in [0.05, 0.1) is 24.6 Å². The maximum atomic E-state index is 13.2. The molecule has 1 spiro atoms. The summed E-state index contributed by atoms with van der Waals surface area (Å²) in [5.41, 5.74) is 3.16. The number of ether oxygens (including phenoxy) is 2. The normalized spacial score (nSPS) is 18.3. The molecule has 0 radical (unpaired) electrons. The van der Waals surface area contributed by atoms with E-state index in [1.54, 1.807) is 12.4 Å². The fourth-order valence-electron chi connectivity index (χ4n) is 3.98. The standard InChI is InChI=1S/C22H22N4O3/c27-21(25-12-8-22(9-13-25)28-14-15-29-22)19-16-20(17-6-10-23-11-7-17)26(24-19)18-4-2-1-3-5-18/h1-7,10-11,16H,8-9,12-15H2. The van der Waals surface area contributed by atoms with Crippen molar-refractivity contribution in [1.29, 1.82) is 0 Å². The lowest BCUT2D eigenvalue weighted by Crippen LogP contribution is -2.47. The van der Waals surface area contributed by atoms with Crippen LogP contribution in [-0.4, -0.2) is 57.7 Å². The molecule has 2 saturated heterocycles. The highest BCUT2D eigenvalue weighted by Gasteiger charge is 2.41. The Morgan fingerprint density at radius 2 is 1.66 bits per heavy atom. The summed E-state index contributed by atoms with van der Waals surface area (Å²) in [5.74, 6) is -0.564. The van der Waals surface area contributed by atoms with Crippen molar-refractivity contribution in [3.63, 3.8) is 0 Å². The zero-order valence-corrected chi connectivity index (χ0v) is 16.0. The molecule has 2 aromatic heterocycles.